The van der Waals surface area contributed by atoms with Crippen LogP contribution in [0.3, 0.4) is 0 Å². The first kappa shape index (κ1) is 20.4. The smallest absolute Gasteiger partial charge is 0.254 e. The Bertz CT molecular complexity index is 1140. The topological polar surface area (TPSA) is 76.6 Å². The lowest BCUT2D eigenvalue weighted by Gasteiger charge is -2.30. The Morgan fingerprint density at radius 1 is 1.06 bits per heavy atom. The van der Waals surface area contributed by atoms with E-state index in [9.17, 15) is 4.79 Å². The van der Waals surface area contributed by atoms with Crippen molar-refractivity contribution >= 4 is 28.7 Å². The van der Waals surface area contributed by atoms with E-state index in [1.165, 1.54) is 11.1 Å². The van der Waals surface area contributed by atoms with Crippen molar-refractivity contribution in [2.45, 2.75) is 25.9 Å². The number of fused-ring (bicyclic) bond motifs is 2. The first-order valence-corrected chi connectivity index (χ1v) is 11.2. The van der Waals surface area contributed by atoms with Crippen LogP contribution in [0.4, 0.5) is 22.7 Å². The van der Waals surface area contributed by atoms with Gasteiger partial charge in [-0.1, -0.05) is 24.3 Å². The summed E-state index contributed by atoms with van der Waals surface area (Å²) in [6.45, 7) is 3.49. The molecule has 1 amide bonds. The number of anilines is 4. The summed E-state index contributed by atoms with van der Waals surface area (Å²) in [4.78, 5) is 14.7. The van der Waals surface area contributed by atoms with E-state index in [1.807, 2.05) is 35.2 Å². The number of aliphatic hydroxyl groups excluding tert-OH is 1. The first-order chi connectivity index (χ1) is 15.6. The molecule has 0 fully saturated rings. The fourth-order valence-electron chi connectivity index (χ4n) is 4.59. The highest BCUT2D eigenvalue weighted by molar-refractivity contribution is 5.98. The molecule has 0 unspecified atom stereocenters. The molecular formula is C26H28N4O2. The molecule has 164 valence electrons. The summed E-state index contributed by atoms with van der Waals surface area (Å²) in [5.41, 5.74) is 8.39. The van der Waals surface area contributed by atoms with E-state index < -0.39 is 0 Å². The van der Waals surface area contributed by atoms with E-state index in [2.05, 4.69) is 53.2 Å². The van der Waals surface area contributed by atoms with Crippen LogP contribution in [0.5, 0.6) is 0 Å². The molecule has 6 nitrogen and oxygen atoms in total. The summed E-state index contributed by atoms with van der Waals surface area (Å²) in [5.74, 6) is 0.0464. The number of hydrogen-bond acceptors (Lipinski definition) is 5. The van der Waals surface area contributed by atoms with Gasteiger partial charge < -0.3 is 26.0 Å². The normalized spacial score (nSPS) is 15.1. The van der Waals surface area contributed by atoms with Crippen LogP contribution in [0, 0.1) is 6.92 Å². The van der Waals surface area contributed by atoms with Crippen LogP contribution in [0.15, 0.2) is 60.7 Å². The predicted octanol–water partition coefficient (Wildman–Crippen LogP) is 4.66. The van der Waals surface area contributed by atoms with E-state index in [-0.39, 0.29) is 18.7 Å². The van der Waals surface area contributed by atoms with Gasteiger partial charge in [0.25, 0.3) is 5.91 Å². The lowest BCUT2D eigenvalue weighted by molar-refractivity contribution is 0.0729. The van der Waals surface area contributed by atoms with Crippen LogP contribution >= 0.6 is 0 Å². The first-order valence-electron chi connectivity index (χ1n) is 11.2. The molecule has 2 heterocycles. The van der Waals surface area contributed by atoms with E-state index >= 15 is 0 Å². The number of nitrogens with one attached hydrogen (secondary N) is 3. The molecule has 5 rings (SSSR count). The number of carbonyl (C=O) groups is 1. The largest absolute Gasteiger partial charge is 0.396 e. The number of aliphatic hydroxyl groups is 1. The second kappa shape index (κ2) is 8.55. The van der Waals surface area contributed by atoms with Crippen molar-refractivity contribution < 1.29 is 9.90 Å². The molecule has 0 saturated heterocycles. The second-order valence-corrected chi connectivity index (χ2v) is 8.41. The van der Waals surface area contributed by atoms with Gasteiger partial charge in [-0.2, -0.15) is 0 Å². The molecule has 0 aromatic heterocycles. The van der Waals surface area contributed by atoms with E-state index in [0.717, 1.165) is 40.3 Å². The van der Waals surface area contributed by atoms with Crippen molar-refractivity contribution in [3.63, 3.8) is 0 Å². The molecule has 3 aromatic carbocycles. The zero-order valence-corrected chi connectivity index (χ0v) is 18.2. The van der Waals surface area contributed by atoms with Crippen molar-refractivity contribution in [1.29, 1.82) is 0 Å². The van der Waals surface area contributed by atoms with Gasteiger partial charge >= 0.3 is 0 Å². The summed E-state index contributed by atoms with van der Waals surface area (Å²) >= 11 is 0. The maximum absolute atomic E-state index is 12.9. The fraction of sp³-hybridized carbons (Fsp3) is 0.269. The Morgan fingerprint density at radius 3 is 2.59 bits per heavy atom. The Hall–Kier alpha value is -3.51. The number of hydrogen-bond donors (Lipinski definition) is 4. The highest BCUT2D eigenvalue weighted by Gasteiger charge is 2.26. The van der Waals surface area contributed by atoms with Gasteiger partial charge in [-0.05, 0) is 72.9 Å². The lowest BCUT2D eigenvalue weighted by Crippen LogP contribution is -2.38. The fourth-order valence-corrected chi connectivity index (χ4v) is 4.59. The van der Waals surface area contributed by atoms with E-state index in [0.29, 0.717) is 19.5 Å². The van der Waals surface area contributed by atoms with Gasteiger partial charge in [-0.15, -0.1) is 0 Å². The third-order valence-electron chi connectivity index (χ3n) is 6.31. The average Bonchev–Trinajstić information content (AvgIpc) is 3.24. The highest BCUT2D eigenvalue weighted by Crippen LogP contribution is 2.37. The van der Waals surface area contributed by atoms with E-state index in [4.69, 9.17) is 5.11 Å². The van der Waals surface area contributed by atoms with Crippen LogP contribution < -0.4 is 16.0 Å². The van der Waals surface area contributed by atoms with Gasteiger partial charge in [0.15, 0.2) is 0 Å². The molecule has 0 bridgehead atoms. The van der Waals surface area contributed by atoms with Crippen LogP contribution in [-0.2, 0) is 6.42 Å². The minimum Gasteiger partial charge on any atom is -0.396 e. The second-order valence-electron chi connectivity index (χ2n) is 8.41. The molecule has 0 saturated carbocycles. The van der Waals surface area contributed by atoms with Gasteiger partial charge in [0, 0.05) is 36.6 Å². The van der Waals surface area contributed by atoms with Crippen LogP contribution in [0.25, 0.3) is 0 Å². The standard InChI is InChI=1S/C26H28N4O2/c1-17-10-11-18(16-21(17)25-28-23-7-2-3-8-24(23)29-25)27-22-9-4-6-20-19(22)12-14-30(26(20)32)13-5-15-31/h2-4,6-11,16,25,27-29,31H,5,12-15H2,1H3. The summed E-state index contributed by atoms with van der Waals surface area (Å²) in [6, 6.07) is 20.5. The molecular weight excluding hydrogens is 400 g/mol. The van der Waals surface area contributed by atoms with Crippen LogP contribution in [0.1, 0.15) is 39.6 Å². The minimum atomic E-state index is 0.0144. The third kappa shape index (κ3) is 3.78. The summed E-state index contributed by atoms with van der Waals surface area (Å²) in [5, 5.41) is 19.8. The maximum Gasteiger partial charge on any atom is 0.254 e. The predicted molar refractivity (Wildman–Crippen MR) is 129 cm³/mol. The molecule has 0 radical (unpaired) electrons. The minimum absolute atomic E-state index is 0.0144. The van der Waals surface area contributed by atoms with Gasteiger partial charge in [0.2, 0.25) is 0 Å². The van der Waals surface area contributed by atoms with Gasteiger partial charge in [0.1, 0.15) is 6.17 Å². The van der Waals surface area contributed by atoms with Crippen molar-refractivity contribution in [3.8, 4) is 0 Å². The van der Waals surface area contributed by atoms with Crippen molar-refractivity contribution in [3.05, 3.63) is 82.9 Å². The van der Waals surface area contributed by atoms with Crippen LogP contribution in [-0.4, -0.2) is 35.6 Å². The Kier molecular flexibility index (Phi) is 5.45. The molecule has 6 heteroatoms. The number of rotatable bonds is 6. The van der Waals surface area contributed by atoms with Crippen molar-refractivity contribution in [1.82, 2.24) is 4.90 Å². The van der Waals surface area contributed by atoms with E-state index in [1.54, 1.807) is 0 Å². The van der Waals surface area contributed by atoms with Crippen LogP contribution in [0.2, 0.25) is 0 Å². The SMILES string of the molecule is Cc1ccc(Nc2cccc3c2CCN(CCCO)C3=O)cc1C1Nc2ccccc2N1. The molecule has 2 aliphatic rings. The average molecular weight is 429 g/mol. The van der Waals surface area contributed by atoms with Gasteiger partial charge in [-0.3, -0.25) is 4.79 Å². The number of nitrogens with zero attached hydrogens (tertiary/aromatic N) is 1. The Morgan fingerprint density at radius 2 is 1.84 bits per heavy atom. The molecule has 32 heavy (non-hydrogen) atoms. The molecule has 0 spiro atoms. The zero-order chi connectivity index (χ0) is 22.1. The Balaban J connectivity index is 1.39. The summed E-state index contributed by atoms with van der Waals surface area (Å²) < 4.78 is 0. The number of para-hydroxylation sites is 2. The number of aryl methyl sites for hydroxylation is 1. The zero-order valence-electron chi connectivity index (χ0n) is 18.2. The Labute approximate surface area is 188 Å². The number of carbonyl (C=O) groups excluding carboxylic acids is 1. The quantitative estimate of drug-likeness (QED) is 0.460. The number of amides is 1. The molecule has 0 aliphatic carbocycles. The monoisotopic (exact) mass is 428 g/mol. The van der Waals surface area contributed by atoms with Crippen molar-refractivity contribution in [2.24, 2.45) is 0 Å². The van der Waals surface area contributed by atoms with Gasteiger partial charge in [-0.25, -0.2) is 0 Å². The maximum atomic E-state index is 12.9. The summed E-state index contributed by atoms with van der Waals surface area (Å²) in [7, 11) is 0. The molecule has 4 N–H and O–H groups in total. The molecule has 3 aromatic rings. The number of benzene rings is 3. The lowest BCUT2D eigenvalue weighted by atomic mass is 9.96. The third-order valence-corrected chi connectivity index (χ3v) is 6.31. The highest BCUT2D eigenvalue weighted by atomic mass is 16.3. The summed E-state index contributed by atoms with van der Waals surface area (Å²) in [6.07, 6.45) is 1.42. The van der Waals surface area contributed by atoms with Crippen molar-refractivity contribution in [2.75, 3.05) is 35.6 Å². The molecule has 0 atom stereocenters. The molecule has 2 aliphatic heterocycles. The van der Waals surface area contributed by atoms with Gasteiger partial charge in [0.05, 0.1) is 11.4 Å².